The van der Waals surface area contributed by atoms with Crippen LogP contribution < -0.4 is 5.73 Å². The number of nitrogens with two attached hydrogens (primary N) is 1. The van der Waals surface area contributed by atoms with Gasteiger partial charge in [-0.05, 0) is 29.3 Å². The van der Waals surface area contributed by atoms with Gasteiger partial charge in [0.1, 0.15) is 0 Å². The first-order valence-corrected chi connectivity index (χ1v) is 6.81. The highest BCUT2D eigenvalue weighted by atomic mass is 16.5. The SMILES string of the molecule is CCC(C)c1noc(-c2cc3ccccc3cc2N)n1. The van der Waals surface area contributed by atoms with Gasteiger partial charge in [-0.1, -0.05) is 43.3 Å². The molecule has 0 radical (unpaired) electrons. The Morgan fingerprint density at radius 2 is 1.90 bits per heavy atom. The summed E-state index contributed by atoms with van der Waals surface area (Å²) in [5.41, 5.74) is 7.56. The molecule has 0 amide bonds. The van der Waals surface area contributed by atoms with E-state index in [1.165, 1.54) is 0 Å². The highest BCUT2D eigenvalue weighted by Crippen LogP contribution is 2.30. The largest absolute Gasteiger partial charge is 0.398 e. The number of anilines is 1. The Morgan fingerprint density at radius 3 is 2.60 bits per heavy atom. The van der Waals surface area contributed by atoms with Crippen LogP contribution in [0.5, 0.6) is 0 Å². The van der Waals surface area contributed by atoms with Crippen molar-refractivity contribution in [3.05, 3.63) is 42.2 Å². The van der Waals surface area contributed by atoms with E-state index in [0.717, 1.165) is 28.6 Å². The zero-order valence-corrected chi connectivity index (χ0v) is 11.6. The van der Waals surface area contributed by atoms with Crippen LogP contribution in [-0.4, -0.2) is 10.1 Å². The molecule has 1 heterocycles. The van der Waals surface area contributed by atoms with Crippen LogP contribution in [0.1, 0.15) is 32.0 Å². The number of hydrogen-bond acceptors (Lipinski definition) is 4. The lowest BCUT2D eigenvalue weighted by molar-refractivity contribution is 0.417. The Bertz CT molecular complexity index is 748. The van der Waals surface area contributed by atoms with Gasteiger partial charge in [-0.15, -0.1) is 0 Å². The molecule has 0 aliphatic heterocycles. The van der Waals surface area contributed by atoms with E-state index in [9.17, 15) is 0 Å². The fraction of sp³-hybridized carbons (Fsp3) is 0.250. The highest BCUT2D eigenvalue weighted by Gasteiger charge is 2.15. The Hall–Kier alpha value is -2.36. The molecule has 0 spiro atoms. The van der Waals surface area contributed by atoms with Crippen molar-refractivity contribution in [2.45, 2.75) is 26.2 Å². The van der Waals surface area contributed by atoms with E-state index in [2.05, 4.69) is 24.0 Å². The second-order valence-electron chi connectivity index (χ2n) is 5.05. The van der Waals surface area contributed by atoms with Crippen molar-refractivity contribution in [2.75, 3.05) is 5.73 Å². The van der Waals surface area contributed by atoms with Crippen LogP contribution >= 0.6 is 0 Å². The van der Waals surface area contributed by atoms with Gasteiger partial charge in [-0.25, -0.2) is 0 Å². The van der Waals surface area contributed by atoms with E-state index >= 15 is 0 Å². The molecular formula is C16H17N3O. The van der Waals surface area contributed by atoms with Gasteiger partial charge in [0.25, 0.3) is 5.89 Å². The third kappa shape index (κ3) is 2.13. The van der Waals surface area contributed by atoms with Gasteiger partial charge in [-0.2, -0.15) is 4.98 Å². The number of nitrogen functional groups attached to an aromatic ring is 1. The predicted molar refractivity (Wildman–Crippen MR) is 80.4 cm³/mol. The van der Waals surface area contributed by atoms with Crippen molar-refractivity contribution in [3.63, 3.8) is 0 Å². The first-order valence-electron chi connectivity index (χ1n) is 6.81. The Kier molecular flexibility index (Phi) is 3.14. The molecule has 0 fully saturated rings. The molecule has 0 aliphatic rings. The molecule has 1 unspecified atom stereocenters. The van der Waals surface area contributed by atoms with Crippen LogP contribution in [0.15, 0.2) is 40.9 Å². The number of hydrogen-bond donors (Lipinski definition) is 1. The standard InChI is InChI=1S/C16H17N3O/c1-3-10(2)15-18-16(20-19-15)13-8-11-6-4-5-7-12(11)9-14(13)17/h4-10H,3,17H2,1-2H3. The van der Waals surface area contributed by atoms with E-state index in [1.54, 1.807) is 0 Å². The molecule has 0 saturated heterocycles. The lowest BCUT2D eigenvalue weighted by Crippen LogP contribution is -1.94. The van der Waals surface area contributed by atoms with Gasteiger partial charge >= 0.3 is 0 Å². The summed E-state index contributed by atoms with van der Waals surface area (Å²) in [7, 11) is 0. The molecule has 1 aromatic heterocycles. The topological polar surface area (TPSA) is 64.9 Å². The molecule has 1 atom stereocenters. The average molecular weight is 267 g/mol. The second-order valence-corrected chi connectivity index (χ2v) is 5.05. The van der Waals surface area contributed by atoms with E-state index in [4.69, 9.17) is 10.3 Å². The summed E-state index contributed by atoms with van der Waals surface area (Å²) < 4.78 is 5.36. The van der Waals surface area contributed by atoms with Crippen LogP contribution in [0.3, 0.4) is 0 Å². The summed E-state index contributed by atoms with van der Waals surface area (Å²) in [4.78, 5) is 4.46. The van der Waals surface area contributed by atoms with Crippen LogP contribution in [0.2, 0.25) is 0 Å². The monoisotopic (exact) mass is 267 g/mol. The maximum Gasteiger partial charge on any atom is 0.260 e. The normalized spacial score (nSPS) is 12.7. The van der Waals surface area contributed by atoms with Gasteiger partial charge in [0.05, 0.1) is 5.56 Å². The maximum atomic E-state index is 6.11. The quantitative estimate of drug-likeness (QED) is 0.729. The minimum Gasteiger partial charge on any atom is -0.398 e. The lowest BCUT2D eigenvalue weighted by Gasteiger charge is -2.04. The predicted octanol–water partition coefficient (Wildman–Crippen LogP) is 3.99. The minimum atomic E-state index is 0.286. The summed E-state index contributed by atoms with van der Waals surface area (Å²) in [5, 5.41) is 6.26. The molecule has 3 aromatic rings. The summed E-state index contributed by atoms with van der Waals surface area (Å²) >= 11 is 0. The highest BCUT2D eigenvalue weighted by molar-refractivity contribution is 5.92. The zero-order valence-electron chi connectivity index (χ0n) is 11.6. The number of fused-ring (bicyclic) bond motifs is 1. The van der Waals surface area contributed by atoms with Gasteiger partial charge in [0.2, 0.25) is 0 Å². The Labute approximate surface area is 117 Å². The van der Waals surface area contributed by atoms with Crippen LogP contribution in [-0.2, 0) is 0 Å². The maximum absolute atomic E-state index is 6.11. The van der Waals surface area contributed by atoms with Crippen molar-refractivity contribution in [1.29, 1.82) is 0 Å². The van der Waals surface area contributed by atoms with Gasteiger partial charge in [0, 0.05) is 11.6 Å². The zero-order chi connectivity index (χ0) is 14.1. The van der Waals surface area contributed by atoms with Crippen molar-refractivity contribution >= 4 is 16.5 Å². The fourth-order valence-electron chi connectivity index (χ4n) is 2.17. The molecule has 0 aliphatic carbocycles. The summed E-state index contributed by atoms with van der Waals surface area (Å²) in [6, 6.07) is 12.0. The van der Waals surface area contributed by atoms with Crippen molar-refractivity contribution in [1.82, 2.24) is 10.1 Å². The second kappa shape index (κ2) is 4.96. The Balaban J connectivity index is 2.09. The molecule has 3 rings (SSSR count). The number of aromatic nitrogens is 2. The molecule has 2 N–H and O–H groups in total. The molecular weight excluding hydrogens is 250 g/mol. The number of nitrogens with zero attached hydrogens (tertiary/aromatic N) is 2. The van der Waals surface area contributed by atoms with E-state index in [1.807, 2.05) is 36.4 Å². The molecule has 4 nitrogen and oxygen atoms in total. The van der Waals surface area contributed by atoms with Crippen LogP contribution in [0, 0.1) is 0 Å². The first-order chi connectivity index (χ1) is 9.69. The molecule has 4 heteroatoms. The van der Waals surface area contributed by atoms with E-state index in [-0.39, 0.29) is 5.92 Å². The van der Waals surface area contributed by atoms with Gasteiger partial charge < -0.3 is 10.3 Å². The van der Waals surface area contributed by atoms with Crippen molar-refractivity contribution < 1.29 is 4.52 Å². The molecule has 2 aromatic carbocycles. The molecule has 20 heavy (non-hydrogen) atoms. The van der Waals surface area contributed by atoms with E-state index < -0.39 is 0 Å². The lowest BCUT2D eigenvalue weighted by atomic mass is 10.0. The average Bonchev–Trinajstić information content (AvgIpc) is 2.95. The van der Waals surface area contributed by atoms with Crippen LogP contribution in [0.4, 0.5) is 5.69 Å². The molecule has 102 valence electrons. The fourth-order valence-corrected chi connectivity index (χ4v) is 2.17. The summed E-state index contributed by atoms with van der Waals surface area (Å²) in [6.07, 6.45) is 0.978. The first kappa shape index (κ1) is 12.7. The number of benzene rings is 2. The molecule has 0 saturated carbocycles. The third-order valence-electron chi connectivity index (χ3n) is 3.64. The third-order valence-corrected chi connectivity index (χ3v) is 3.64. The van der Waals surface area contributed by atoms with E-state index in [0.29, 0.717) is 11.6 Å². The van der Waals surface area contributed by atoms with Crippen molar-refractivity contribution in [2.24, 2.45) is 0 Å². The summed E-state index contributed by atoms with van der Waals surface area (Å²) in [6.45, 7) is 4.18. The summed E-state index contributed by atoms with van der Waals surface area (Å²) in [5.74, 6) is 1.51. The molecule has 0 bridgehead atoms. The van der Waals surface area contributed by atoms with Crippen LogP contribution in [0.25, 0.3) is 22.2 Å². The van der Waals surface area contributed by atoms with Gasteiger partial charge in [-0.3, -0.25) is 0 Å². The van der Waals surface area contributed by atoms with Gasteiger partial charge in [0.15, 0.2) is 5.82 Å². The minimum absolute atomic E-state index is 0.286. The number of rotatable bonds is 3. The smallest absolute Gasteiger partial charge is 0.260 e. The Morgan fingerprint density at radius 1 is 1.20 bits per heavy atom. The van der Waals surface area contributed by atoms with Crippen molar-refractivity contribution in [3.8, 4) is 11.5 Å².